The minimum absolute atomic E-state index is 0.0672. The maximum atomic E-state index is 12.1. The molecular formula is C16H23BrN4O2. The van der Waals surface area contributed by atoms with Gasteiger partial charge in [0, 0.05) is 23.6 Å². The van der Waals surface area contributed by atoms with Crippen LogP contribution in [-0.2, 0) is 4.79 Å². The Bertz CT molecular complexity index is 559. The van der Waals surface area contributed by atoms with E-state index >= 15 is 0 Å². The van der Waals surface area contributed by atoms with Crippen molar-refractivity contribution in [3.05, 3.63) is 34.3 Å². The molecule has 1 aliphatic heterocycles. The molecule has 0 saturated carbocycles. The zero-order chi connectivity index (χ0) is 16.8. The molecule has 2 rings (SSSR count). The zero-order valence-electron chi connectivity index (χ0n) is 13.2. The number of nitrogens with zero attached hydrogens (tertiary/aromatic N) is 1. The van der Waals surface area contributed by atoms with Crippen molar-refractivity contribution < 1.29 is 9.59 Å². The number of benzene rings is 1. The molecule has 0 aliphatic carbocycles. The fraction of sp³-hybridized carbons (Fsp3) is 0.500. The smallest absolute Gasteiger partial charge is 0.315 e. The molecule has 0 aromatic heterocycles. The average molecular weight is 383 g/mol. The van der Waals surface area contributed by atoms with E-state index in [0.29, 0.717) is 6.54 Å². The average Bonchev–Trinajstić information content (AvgIpc) is 2.48. The highest BCUT2D eigenvalue weighted by Gasteiger charge is 2.22. The number of likely N-dealkylation sites (tertiary alicyclic amines) is 1. The monoisotopic (exact) mass is 382 g/mol. The second-order valence-corrected chi connectivity index (χ2v) is 6.83. The van der Waals surface area contributed by atoms with E-state index in [9.17, 15) is 9.59 Å². The predicted octanol–water partition coefficient (Wildman–Crippen LogP) is 1.76. The van der Waals surface area contributed by atoms with Crippen molar-refractivity contribution in [2.24, 2.45) is 5.73 Å². The van der Waals surface area contributed by atoms with Crippen LogP contribution in [0.15, 0.2) is 28.7 Å². The summed E-state index contributed by atoms with van der Waals surface area (Å²) < 4.78 is 0.992. The van der Waals surface area contributed by atoms with Crippen LogP contribution in [0, 0.1) is 0 Å². The van der Waals surface area contributed by atoms with Crippen LogP contribution in [0.25, 0.3) is 0 Å². The molecule has 1 aliphatic rings. The summed E-state index contributed by atoms with van der Waals surface area (Å²) in [5.41, 5.74) is 6.24. The molecule has 4 N–H and O–H groups in total. The van der Waals surface area contributed by atoms with Gasteiger partial charge in [-0.1, -0.05) is 28.1 Å². The number of urea groups is 1. The third-order valence-electron chi connectivity index (χ3n) is 4.00. The first-order chi connectivity index (χ1) is 10.9. The summed E-state index contributed by atoms with van der Waals surface area (Å²) in [7, 11) is 0. The highest BCUT2D eigenvalue weighted by Crippen LogP contribution is 2.18. The van der Waals surface area contributed by atoms with E-state index < -0.39 is 0 Å². The maximum absolute atomic E-state index is 12.1. The highest BCUT2D eigenvalue weighted by atomic mass is 79.9. The first-order valence-corrected chi connectivity index (χ1v) is 8.56. The number of amides is 3. The quantitative estimate of drug-likeness (QED) is 0.724. The summed E-state index contributed by atoms with van der Waals surface area (Å²) in [6.45, 7) is 3.79. The number of piperidine rings is 1. The van der Waals surface area contributed by atoms with Crippen LogP contribution in [0.1, 0.15) is 31.4 Å². The first-order valence-electron chi connectivity index (χ1n) is 7.77. The standard InChI is InChI=1S/C16H23BrN4O2/c1-11(12-3-2-4-13(17)9-12)19-16(23)20-14-5-7-21(8-6-14)10-15(18)22/h2-4,9,11,14H,5-8,10H2,1H3,(H2,18,22)(H2,19,20,23). The lowest BCUT2D eigenvalue weighted by atomic mass is 10.1. The van der Waals surface area contributed by atoms with Gasteiger partial charge in [0.05, 0.1) is 12.6 Å². The Balaban J connectivity index is 1.76. The Morgan fingerprint density at radius 2 is 2.09 bits per heavy atom. The summed E-state index contributed by atoms with van der Waals surface area (Å²) in [5, 5.41) is 5.96. The Labute approximate surface area is 144 Å². The number of primary amides is 1. The van der Waals surface area contributed by atoms with E-state index in [0.717, 1.165) is 36.0 Å². The van der Waals surface area contributed by atoms with Crippen LogP contribution in [0.5, 0.6) is 0 Å². The van der Waals surface area contributed by atoms with Gasteiger partial charge in [-0.25, -0.2) is 4.79 Å². The van der Waals surface area contributed by atoms with Crippen LogP contribution in [-0.4, -0.2) is 42.5 Å². The molecule has 1 aromatic rings. The topological polar surface area (TPSA) is 87.5 Å². The summed E-state index contributed by atoms with van der Waals surface area (Å²) in [6, 6.07) is 7.79. The van der Waals surface area contributed by atoms with Gasteiger partial charge in [0.2, 0.25) is 5.91 Å². The van der Waals surface area contributed by atoms with Gasteiger partial charge in [-0.3, -0.25) is 9.69 Å². The van der Waals surface area contributed by atoms with E-state index in [-0.39, 0.29) is 24.0 Å². The number of halogens is 1. The van der Waals surface area contributed by atoms with Gasteiger partial charge in [0.15, 0.2) is 0 Å². The lowest BCUT2D eigenvalue weighted by molar-refractivity contribution is -0.119. The number of rotatable bonds is 5. The van der Waals surface area contributed by atoms with E-state index in [4.69, 9.17) is 5.73 Å². The molecule has 1 unspecified atom stereocenters. The van der Waals surface area contributed by atoms with Gasteiger partial charge in [0.1, 0.15) is 0 Å². The summed E-state index contributed by atoms with van der Waals surface area (Å²) >= 11 is 3.43. The Morgan fingerprint density at radius 1 is 1.39 bits per heavy atom. The van der Waals surface area contributed by atoms with E-state index in [1.54, 1.807) is 0 Å². The number of hydrogen-bond acceptors (Lipinski definition) is 3. The van der Waals surface area contributed by atoms with Gasteiger partial charge in [0.25, 0.3) is 0 Å². The molecule has 126 valence electrons. The predicted molar refractivity (Wildman–Crippen MR) is 92.9 cm³/mol. The third-order valence-corrected chi connectivity index (χ3v) is 4.49. The molecule has 6 nitrogen and oxygen atoms in total. The summed E-state index contributed by atoms with van der Waals surface area (Å²) in [4.78, 5) is 25.0. The van der Waals surface area contributed by atoms with Crippen molar-refractivity contribution in [1.82, 2.24) is 15.5 Å². The molecule has 0 radical (unpaired) electrons. The fourth-order valence-electron chi connectivity index (χ4n) is 2.74. The van der Waals surface area contributed by atoms with Crippen molar-refractivity contribution >= 4 is 27.9 Å². The minimum Gasteiger partial charge on any atom is -0.369 e. The normalized spacial score (nSPS) is 17.5. The van der Waals surface area contributed by atoms with Gasteiger partial charge >= 0.3 is 6.03 Å². The molecule has 1 saturated heterocycles. The number of carbonyl (C=O) groups is 2. The van der Waals surface area contributed by atoms with Gasteiger partial charge in [-0.2, -0.15) is 0 Å². The molecular weight excluding hydrogens is 360 g/mol. The van der Waals surface area contributed by atoms with E-state index in [1.807, 2.05) is 36.1 Å². The van der Waals surface area contributed by atoms with E-state index in [1.165, 1.54) is 0 Å². The Morgan fingerprint density at radius 3 is 2.70 bits per heavy atom. The first kappa shape index (κ1) is 17.7. The molecule has 1 aromatic carbocycles. The zero-order valence-corrected chi connectivity index (χ0v) is 14.8. The van der Waals surface area contributed by atoms with Gasteiger partial charge in [-0.05, 0) is 37.5 Å². The second-order valence-electron chi connectivity index (χ2n) is 5.91. The number of hydrogen-bond donors (Lipinski definition) is 3. The Hall–Kier alpha value is -1.60. The van der Waals surface area contributed by atoms with Gasteiger partial charge < -0.3 is 16.4 Å². The molecule has 0 spiro atoms. The molecule has 3 amide bonds. The maximum Gasteiger partial charge on any atom is 0.315 e. The minimum atomic E-state index is -0.308. The van der Waals surface area contributed by atoms with Gasteiger partial charge in [-0.15, -0.1) is 0 Å². The summed E-state index contributed by atoms with van der Waals surface area (Å²) in [6.07, 6.45) is 1.65. The number of carbonyl (C=O) groups excluding carboxylic acids is 2. The molecule has 23 heavy (non-hydrogen) atoms. The molecule has 1 heterocycles. The van der Waals surface area contributed by atoms with E-state index in [2.05, 4.69) is 26.6 Å². The Kier molecular flexibility index (Phi) is 6.41. The van der Waals surface area contributed by atoms with Crippen molar-refractivity contribution in [3.63, 3.8) is 0 Å². The fourth-order valence-corrected chi connectivity index (χ4v) is 3.16. The SMILES string of the molecule is CC(NC(=O)NC1CCN(CC(N)=O)CC1)c1cccc(Br)c1. The van der Waals surface area contributed by atoms with Crippen molar-refractivity contribution in [2.75, 3.05) is 19.6 Å². The molecule has 1 atom stereocenters. The molecule has 1 fully saturated rings. The third kappa shape index (κ3) is 5.84. The van der Waals surface area contributed by atoms with Crippen LogP contribution >= 0.6 is 15.9 Å². The lowest BCUT2D eigenvalue weighted by Gasteiger charge is -2.31. The second kappa shape index (κ2) is 8.31. The number of nitrogens with two attached hydrogens (primary N) is 1. The summed E-state index contributed by atoms with van der Waals surface area (Å²) in [5.74, 6) is -0.308. The van der Waals surface area contributed by atoms with Crippen LogP contribution in [0.4, 0.5) is 4.79 Å². The molecule has 0 bridgehead atoms. The van der Waals surface area contributed by atoms with Crippen LogP contribution in [0.2, 0.25) is 0 Å². The van der Waals surface area contributed by atoms with Crippen molar-refractivity contribution in [3.8, 4) is 0 Å². The van der Waals surface area contributed by atoms with Crippen LogP contribution < -0.4 is 16.4 Å². The lowest BCUT2D eigenvalue weighted by Crippen LogP contribution is -2.49. The largest absolute Gasteiger partial charge is 0.369 e. The number of nitrogens with one attached hydrogen (secondary N) is 2. The van der Waals surface area contributed by atoms with Crippen LogP contribution in [0.3, 0.4) is 0 Å². The highest BCUT2D eigenvalue weighted by molar-refractivity contribution is 9.10. The molecule has 7 heteroatoms. The van der Waals surface area contributed by atoms with Crippen molar-refractivity contribution in [1.29, 1.82) is 0 Å². The van der Waals surface area contributed by atoms with Crippen molar-refractivity contribution in [2.45, 2.75) is 31.8 Å².